The first-order valence-corrected chi connectivity index (χ1v) is 9.75. The van der Waals surface area contributed by atoms with E-state index >= 15 is 0 Å². The molecule has 126 valence electrons. The van der Waals surface area contributed by atoms with Crippen molar-refractivity contribution < 1.29 is 0 Å². The topological polar surface area (TPSA) is 67.1 Å². The summed E-state index contributed by atoms with van der Waals surface area (Å²) in [5, 5.41) is 14.7. The van der Waals surface area contributed by atoms with Gasteiger partial charge in [0.1, 0.15) is 12.2 Å². The van der Waals surface area contributed by atoms with E-state index in [1.165, 1.54) is 7.76 Å². The van der Waals surface area contributed by atoms with Crippen molar-refractivity contribution >= 4 is 39.9 Å². The number of aryl methyl sites for hydroxylation is 1. The molecule has 2 aromatic rings. The maximum absolute atomic E-state index is 4.64. The Morgan fingerprint density at radius 1 is 1.35 bits per heavy atom. The molecule has 0 bridgehead atoms. The number of guanidine groups is 1. The number of hydrogen-bond donors (Lipinski definition) is 2. The lowest BCUT2D eigenvalue weighted by Crippen LogP contribution is -2.39. The van der Waals surface area contributed by atoms with Gasteiger partial charge in [-0.3, -0.25) is 4.99 Å². The Morgan fingerprint density at radius 2 is 2.22 bits per heavy atom. The Morgan fingerprint density at radius 3 is 2.91 bits per heavy atom. The van der Waals surface area contributed by atoms with E-state index in [9.17, 15) is 0 Å². The smallest absolute Gasteiger partial charge is 0.191 e. The summed E-state index contributed by atoms with van der Waals surface area (Å²) in [7, 11) is 0. The molecule has 0 saturated carbocycles. The highest BCUT2D eigenvalue weighted by atomic mass is 127. The second-order valence-electron chi connectivity index (χ2n) is 4.94. The van der Waals surface area contributed by atoms with E-state index in [0.717, 1.165) is 50.8 Å². The summed E-state index contributed by atoms with van der Waals surface area (Å²) < 4.78 is 3.40. The van der Waals surface area contributed by atoms with Crippen molar-refractivity contribution in [3.63, 3.8) is 0 Å². The lowest BCUT2D eigenvalue weighted by Gasteiger charge is -2.12. The van der Waals surface area contributed by atoms with Crippen LogP contribution in [0.15, 0.2) is 23.5 Å². The third kappa shape index (κ3) is 6.09. The first-order chi connectivity index (χ1) is 11.2. The van der Waals surface area contributed by atoms with Crippen molar-refractivity contribution in [1.82, 2.24) is 25.4 Å². The summed E-state index contributed by atoms with van der Waals surface area (Å²) in [6.45, 7) is 7.45. The zero-order valence-corrected chi connectivity index (χ0v) is 16.5. The second kappa shape index (κ2) is 9.86. The van der Waals surface area contributed by atoms with Gasteiger partial charge in [-0.25, -0.2) is 0 Å². The first-order valence-electron chi connectivity index (χ1n) is 7.86. The van der Waals surface area contributed by atoms with Crippen LogP contribution in [0.25, 0.3) is 0 Å². The van der Waals surface area contributed by atoms with Gasteiger partial charge in [0, 0.05) is 43.9 Å². The molecule has 0 aliphatic rings. The van der Waals surface area contributed by atoms with Gasteiger partial charge >= 0.3 is 0 Å². The normalized spacial score (nSPS) is 11.7. The van der Waals surface area contributed by atoms with Crippen LogP contribution in [0, 0.1) is 2.88 Å². The highest BCUT2D eigenvalue weighted by Gasteiger charge is 2.02. The Kier molecular flexibility index (Phi) is 7.80. The minimum absolute atomic E-state index is 0.790. The molecule has 0 aliphatic carbocycles. The number of nitrogens with zero attached hydrogens (tertiary/aromatic N) is 4. The molecular formula is C15H23IN6S. The molecule has 0 saturated heterocycles. The fourth-order valence-electron chi connectivity index (χ4n) is 2.14. The van der Waals surface area contributed by atoms with Crippen LogP contribution in [0.2, 0.25) is 0 Å². The van der Waals surface area contributed by atoms with Crippen molar-refractivity contribution in [2.24, 2.45) is 4.99 Å². The minimum Gasteiger partial charge on any atom is -0.357 e. The molecule has 2 heterocycles. The van der Waals surface area contributed by atoms with E-state index in [1.54, 1.807) is 6.33 Å². The van der Waals surface area contributed by atoms with Gasteiger partial charge in [0.15, 0.2) is 5.96 Å². The largest absolute Gasteiger partial charge is 0.357 e. The van der Waals surface area contributed by atoms with E-state index in [2.05, 4.69) is 79.0 Å². The highest BCUT2D eigenvalue weighted by molar-refractivity contribution is 14.1. The van der Waals surface area contributed by atoms with Gasteiger partial charge in [0.05, 0.1) is 2.88 Å². The molecule has 0 fully saturated rings. The van der Waals surface area contributed by atoms with E-state index in [0.29, 0.717) is 0 Å². The molecule has 0 aromatic carbocycles. The number of nitrogens with one attached hydrogen (secondary N) is 2. The van der Waals surface area contributed by atoms with Crippen molar-refractivity contribution in [3.8, 4) is 0 Å². The van der Waals surface area contributed by atoms with Crippen LogP contribution in [0.4, 0.5) is 0 Å². The van der Waals surface area contributed by atoms with Crippen molar-refractivity contribution in [1.29, 1.82) is 0 Å². The van der Waals surface area contributed by atoms with Crippen LogP contribution in [-0.4, -0.2) is 40.4 Å². The maximum Gasteiger partial charge on any atom is 0.191 e. The van der Waals surface area contributed by atoms with Crippen LogP contribution < -0.4 is 10.6 Å². The lowest BCUT2D eigenvalue weighted by molar-refractivity contribution is 0.632. The van der Waals surface area contributed by atoms with Crippen molar-refractivity contribution in [3.05, 3.63) is 32.0 Å². The Labute approximate surface area is 154 Å². The predicted octanol–water partition coefficient (Wildman–Crippen LogP) is 2.30. The molecule has 23 heavy (non-hydrogen) atoms. The number of aromatic nitrogens is 3. The fraction of sp³-hybridized carbons (Fsp3) is 0.533. The third-order valence-electron chi connectivity index (χ3n) is 3.26. The highest BCUT2D eigenvalue weighted by Crippen LogP contribution is 2.18. The Bertz CT molecular complexity index is 621. The summed E-state index contributed by atoms with van der Waals surface area (Å²) in [6, 6.07) is 4.33. The summed E-state index contributed by atoms with van der Waals surface area (Å²) in [5.41, 5.74) is 0. The quantitative estimate of drug-likeness (QED) is 0.371. The monoisotopic (exact) mass is 446 g/mol. The summed E-state index contributed by atoms with van der Waals surface area (Å²) in [5.74, 6) is 1.88. The number of halogens is 1. The van der Waals surface area contributed by atoms with Crippen LogP contribution in [0.5, 0.6) is 0 Å². The van der Waals surface area contributed by atoms with Crippen LogP contribution in [0.1, 0.15) is 24.5 Å². The predicted molar refractivity (Wildman–Crippen MR) is 104 cm³/mol. The van der Waals surface area contributed by atoms with Gasteiger partial charge < -0.3 is 15.2 Å². The standard InChI is InChI=1S/C15H23IN6S/c1-3-14-21-20-11-22(14)10-9-19-15(17-4-2)18-8-7-12-5-6-13(16)23-12/h5-6,11H,3-4,7-10H2,1-2H3,(H2,17,18,19). The molecule has 0 atom stereocenters. The van der Waals surface area contributed by atoms with Gasteiger partial charge in [-0.1, -0.05) is 6.92 Å². The average molecular weight is 446 g/mol. The molecule has 8 heteroatoms. The summed E-state index contributed by atoms with van der Waals surface area (Å²) in [4.78, 5) is 6.02. The molecule has 0 aliphatic heterocycles. The van der Waals surface area contributed by atoms with E-state index in [4.69, 9.17) is 0 Å². The lowest BCUT2D eigenvalue weighted by atomic mass is 10.3. The second-order valence-corrected chi connectivity index (χ2v) is 8.00. The minimum atomic E-state index is 0.790. The van der Waals surface area contributed by atoms with Crippen LogP contribution >= 0.6 is 33.9 Å². The molecule has 0 unspecified atom stereocenters. The van der Waals surface area contributed by atoms with Gasteiger partial charge in [0.25, 0.3) is 0 Å². The number of thiophene rings is 1. The summed E-state index contributed by atoms with van der Waals surface area (Å²) in [6.07, 6.45) is 3.66. The maximum atomic E-state index is 4.64. The first kappa shape index (κ1) is 18.2. The van der Waals surface area contributed by atoms with Gasteiger partial charge in [-0.05, 0) is 41.6 Å². The molecule has 2 N–H and O–H groups in total. The number of aliphatic imine (C=N–C) groups is 1. The summed E-state index contributed by atoms with van der Waals surface area (Å²) >= 11 is 4.19. The van der Waals surface area contributed by atoms with E-state index in [-0.39, 0.29) is 0 Å². The molecule has 0 radical (unpaired) electrons. The third-order valence-corrected chi connectivity index (χ3v) is 5.21. The average Bonchev–Trinajstić information content (AvgIpc) is 3.16. The Hall–Kier alpha value is -1.16. The molecule has 0 amide bonds. The van der Waals surface area contributed by atoms with Crippen LogP contribution in [-0.2, 0) is 19.4 Å². The zero-order valence-electron chi connectivity index (χ0n) is 13.5. The Balaban J connectivity index is 1.79. The molecule has 6 nitrogen and oxygen atoms in total. The molecule has 2 aromatic heterocycles. The van der Waals surface area contributed by atoms with Gasteiger partial charge in [0.2, 0.25) is 0 Å². The van der Waals surface area contributed by atoms with E-state index < -0.39 is 0 Å². The zero-order chi connectivity index (χ0) is 16.5. The fourth-order valence-corrected chi connectivity index (χ4v) is 3.88. The van der Waals surface area contributed by atoms with Gasteiger partial charge in [-0.2, -0.15) is 0 Å². The van der Waals surface area contributed by atoms with E-state index in [1.807, 2.05) is 11.3 Å². The van der Waals surface area contributed by atoms with Crippen molar-refractivity contribution in [2.45, 2.75) is 33.2 Å². The number of rotatable bonds is 8. The van der Waals surface area contributed by atoms with Gasteiger partial charge in [-0.15, -0.1) is 21.5 Å². The molecule has 2 rings (SSSR count). The van der Waals surface area contributed by atoms with Crippen LogP contribution in [0.3, 0.4) is 0 Å². The SMILES string of the molecule is CCNC(=NCCc1ccc(I)s1)NCCn1cnnc1CC. The molecule has 0 spiro atoms. The van der Waals surface area contributed by atoms with Crippen molar-refractivity contribution in [2.75, 3.05) is 19.6 Å². The number of hydrogen-bond acceptors (Lipinski definition) is 4. The molecular weight excluding hydrogens is 423 g/mol.